The van der Waals surface area contributed by atoms with Gasteiger partial charge in [0.25, 0.3) is 0 Å². The van der Waals surface area contributed by atoms with Gasteiger partial charge >= 0.3 is 0 Å². The lowest BCUT2D eigenvalue weighted by atomic mass is 10.2. The normalized spacial score (nSPS) is 12.0. The molecule has 1 aromatic rings. The minimum Gasteiger partial charge on any atom is -0.374 e. The fraction of sp³-hybridized carbons (Fsp3) is 0.462. The molecule has 0 aliphatic carbocycles. The van der Waals surface area contributed by atoms with Crippen LogP contribution in [0, 0.1) is 12.7 Å². The summed E-state index contributed by atoms with van der Waals surface area (Å²) in [5.74, 6) is -0.373. The van der Waals surface area contributed by atoms with Gasteiger partial charge in [-0.25, -0.2) is 4.39 Å². The van der Waals surface area contributed by atoms with Crippen molar-refractivity contribution >= 4 is 11.6 Å². The van der Waals surface area contributed by atoms with Crippen molar-refractivity contribution in [3.05, 3.63) is 29.6 Å². The first-order valence-electron chi connectivity index (χ1n) is 5.84. The highest BCUT2D eigenvalue weighted by Gasteiger charge is 2.11. The van der Waals surface area contributed by atoms with Crippen molar-refractivity contribution < 1.29 is 9.18 Å². The summed E-state index contributed by atoms with van der Waals surface area (Å²) in [5.41, 5.74) is 1.45. The van der Waals surface area contributed by atoms with Gasteiger partial charge in [0.1, 0.15) is 11.9 Å². The van der Waals surface area contributed by atoms with Crippen molar-refractivity contribution in [3.63, 3.8) is 0 Å². The highest BCUT2D eigenvalue weighted by Crippen LogP contribution is 2.14. The molecular formula is C13H19FN2O. The third-order valence-electron chi connectivity index (χ3n) is 2.37. The number of carbonyl (C=O) groups is 1. The van der Waals surface area contributed by atoms with E-state index < -0.39 is 0 Å². The summed E-state index contributed by atoms with van der Waals surface area (Å²) in [7, 11) is 0. The molecule has 0 saturated heterocycles. The number of aryl methyl sites for hydroxylation is 1. The first kappa shape index (κ1) is 13.5. The molecule has 0 aromatic heterocycles. The minimum atomic E-state index is -0.372. The molecular weight excluding hydrogens is 219 g/mol. The average molecular weight is 238 g/mol. The maximum absolute atomic E-state index is 13.1. The molecule has 3 nitrogen and oxygen atoms in total. The van der Waals surface area contributed by atoms with E-state index >= 15 is 0 Å². The maximum atomic E-state index is 13.1. The molecule has 0 radical (unpaired) electrons. The monoisotopic (exact) mass is 238 g/mol. The molecule has 94 valence electrons. The van der Waals surface area contributed by atoms with Gasteiger partial charge in [0.2, 0.25) is 5.91 Å². The fourth-order valence-corrected chi connectivity index (χ4v) is 1.54. The maximum Gasteiger partial charge on any atom is 0.242 e. The van der Waals surface area contributed by atoms with E-state index in [1.165, 1.54) is 12.1 Å². The van der Waals surface area contributed by atoms with Gasteiger partial charge in [-0.3, -0.25) is 4.79 Å². The van der Waals surface area contributed by atoms with Crippen LogP contribution in [-0.2, 0) is 4.79 Å². The third-order valence-corrected chi connectivity index (χ3v) is 2.37. The molecule has 0 aliphatic rings. The van der Waals surface area contributed by atoms with E-state index in [4.69, 9.17) is 0 Å². The minimum absolute atomic E-state index is 0.0752. The van der Waals surface area contributed by atoms with Crippen LogP contribution in [0.2, 0.25) is 0 Å². The molecule has 0 fully saturated rings. The molecule has 4 heteroatoms. The van der Waals surface area contributed by atoms with Crippen LogP contribution in [0.1, 0.15) is 25.8 Å². The lowest BCUT2D eigenvalue weighted by Crippen LogP contribution is -2.37. The zero-order valence-electron chi connectivity index (χ0n) is 10.5. The summed E-state index contributed by atoms with van der Waals surface area (Å²) >= 11 is 0. The summed E-state index contributed by atoms with van der Waals surface area (Å²) in [6, 6.07) is 4.28. The van der Waals surface area contributed by atoms with Gasteiger partial charge < -0.3 is 10.6 Å². The van der Waals surface area contributed by atoms with Crippen LogP contribution in [0.25, 0.3) is 0 Å². The Bertz CT molecular complexity index is 373. The van der Waals surface area contributed by atoms with E-state index in [9.17, 15) is 9.18 Å². The molecule has 2 N–H and O–H groups in total. The molecule has 0 bridgehead atoms. The SMILES string of the molecule is CCCNC(=O)C(C)Nc1cc(C)cc(F)c1. The zero-order valence-corrected chi connectivity index (χ0v) is 10.5. The number of carbonyl (C=O) groups excluding carboxylic acids is 1. The number of amides is 1. The van der Waals surface area contributed by atoms with Gasteiger partial charge in [0.15, 0.2) is 0 Å². The smallest absolute Gasteiger partial charge is 0.242 e. The summed E-state index contributed by atoms with van der Waals surface area (Å²) in [6.45, 7) is 6.22. The predicted molar refractivity (Wildman–Crippen MR) is 67.5 cm³/mol. The van der Waals surface area contributed by atoms with E-state index in [0.717, 1.165) is 12.0 Å². The van der Waals surface area contributed by atoms with Crippen LogP contribution in [0.3, 0.4) is 0 Å². The summed E-state index contributed by atoms with van der Waals surface area (Å²) < 4.78 is 13.1. The Morgan fingerprint density at radius 1 is 1.41 bits per heavy atom. The van der Waals surface area contributed by atoms with Gasteiger partial charge in [-0.1, -0.05) is 6.92 Å². The molecule has 0 spiro atoms. The third kappa shape index (κ3) is 4.43. The number of hydrogen-bond donors (Lipinski definition) is 2. The number of nitrogens with one attached hydrogen (secondary N) is 2. The molecule has 1 rings (SSSR count). The fourth-order valence-electron chi connectivity index (χ4n) is 1.54. The summed E-state index contributed by atoms with van der Waals surface area (Å²) in [6.07, 6.45) is 0.900. The van der Waals surface area contributed by atoms with Crippen LogP contribution < -0.4 is 10.6 Å². The first-order valence-corrected chi connectivity index (χ1v) is 5.84. The molecule has 0 aliphatic heterocycles. The van der Waals surface area contributed by atoms with Crippen molar-refractivity contribution in [2.24, 2.45) is 0 Å². The standard InChI is InChI=1S/C13H19FN2O/c1-4-5-15-13(17)10(3)16-12-7-9(2)6-11(14)8-12/h6-8,10,16H,4-5H2,1-3H3,(H,15,17). The molecule has 17 heavy (non-hydrogen) atoms. The Morgan fingerprint density at radius 2 is 2.12 bits per heavy atom. The van der Waals surface area contributed by atoms with Crippen LogP contribution in [0.15, 0.2) is 18.2 Å². The van der Waals surface area contributed by atoms with Crippen molar-refractivity contribution in [2.45, 2.75) is 33.2 Å². The van der Waals surface area contributed by atoms with Crippen LogP contribution in [-0.4, -0.2) is 18.5 Å². The van der Waals surface area contributed by atoms with E-state index in [2.05, 4.69) is 10.6 Å². The van der Waals surface area contributed by atoms with Gasteiger partial charge in [-0.2, -0.15) is 0 Å². The van der Waals surface area contributed by atoms with Crippen molar-refractivity contribution in [1.82, 2.24) is 5.32 Å². The molecule has 0 saturated carbocycles. The zero-order chi connectivity index (χ0) is 12.8. The quantitative estimate of drug-likeness (QED) is 0.827. The number of anilines is 1. The second-order valence-corrected chi connectivity index (χ2v) is 4.17. The second-order valence-electron chi connectivity index (χ2n) is 4.17. The van der Waals surface area contributed by atoms with E-state index in [-0.39, 0.29) is 17.8 Å². The lowest BCUT2D eigenvalue weighted by molar-refractivity contribution is -0.121. The van der Waals surface area contributed by atoms with Crippen molar-refractivity contribution in [3.8, 4) is 0 Å². The molecule has 1 amide bonds. The second kappa shape index (κ2) is 6.23. The van der Waals surface area contributed by atoms with Gasteiger partial charge in [-0.15, -0.1) is 0 Å². The number of rotatable bonds is 5. The van der Waals surface area contributed by atoms with Gasteiger partial charge in [0.05, 0.1) is 0 Å². The molecule has 1 unspecified atom stereocenters. The van der Waals surface area contributed by atoms with E-state index in [1.54, 1.807) is 6.92 Å². The van der Waals surface area contributed by atoms with Gasteiger partial charge in [0, 0.05) is 12.2 Å². The van der Waals surface area contributed by atoms with E-state index in [1.807, 2.05) is 19.9 Å². The topological polar surface area (TPSA) is 41.1 Å². The Kier molecular flexibility index (Phi) is 4.94. The molecule has 1 aromatic carbocycles. The Hall–Kier alpha value is -1.58. The number of halogens is 1. The predicted octanol–water partition coefficient (Wildman–Crippen LogP) is 2.46. The van der Waals surface area contributed by atoms with Crippen LogP contribution in [0.4, 0.5) is 10.1 Å². The first-order chi connectivity index (χ1) is 8.02. The van der Waals surface area contributed by atoms with Crippen LogP contribution >= 0.6 is 0 Å². The molecule has 0 heterocycles. The Morgan fingerprint density at radius 3 is 2.71 bits per heavy atom. The number of benzene rings is 1. The average Bonchev–Trinajstić information content (AvgIpc) is 2.24. The Labute approximate surface area is 101 Å². The summed E-state index contributed by atoms with van der Waals surface area (Å²) in [5, 5.41) is 5.77. The molecule has 1 atom stereocenters. The Balaban J connectivity index is 2.60. The summed E-state index contributed by atoms with van der Waals surface area (Å²) in [4.78, 5) is 11.6. The lowest BCUT2D eigenvalue weighted by Gasteiger charge is -2.15. The van der Waals surface area contributed by atoms with E-state index in [0.29, 0.717) is 12.2 Å². The number of hydrogen-bond acceptors (Lipinski definition) is 2. The van der Waals surface area contributed by atoms with Crippen molar-refractivity contribution in [2.75, 3.05) is 11.9 Å². The van der Waals surface area contributed by atoms with Crippen LogP contribution in [0.5, 0.6) is 0 Å². The highest BCUT2D eigenvalue weighted by molar-refractivity contribution is 5.84. The van der Waals surface area contributed by atoms with Gasteiger partial charge in [-0.05, 0) is 44.0 Å². The largest absolute Gasteiger partial charge is 0.374 e. The highest BCUT2D eigenvalue weighted by atomic mass is 19.1. The van der Waals surface area contributed by atoms with Crippen molar-refractivity contribution in [1.29, 1.82) is 0 Å².